The number of nitrogens with one attached hydrogen (secondary N) is 1. The Balaban J connectivity index is 1.44. The quantitative estimate of drug-likeness (QED) is 0.607. The van der Waals surface area contributed by atoms with E-state index in [0.29, 0.717) is 35.6 Å². The predicted molar refractivity (Wildman–Crippen MR) is 132 cm³/mol. The summed E-state index contributed by atoms with van der Waals surface area (Å²) in [5, 5.41) is 2.75. The molecule has 3 heterocycles. The number of carbonyl (C=O) groups excluding carboxylic acids is 1. The first-order valence-electron chi connectivity index (χ1n) is 11.7. The van der Waals surface area contributed by atoms with Gasteiger partial charge < -0.3 is 20.7 Å². The van der Waals surface area contributed by atoms with Gasteiger partial charge in [-0.05, 0) is 53.8 Å². The SMILES string of the molecule is CC(C)[C@H]1CN(c2ccc(-c3cnc(N)c(-c4cc5c(cc4F)C(=O)NCC5)c3)cc2)CCO1. The van der Waals surface area contributed by atoms with Crippen molar-refractivity contribution in [2.75, 3.05) is 36.9 Å². The predicted octanol–water partition coefficient (Wildman–Crippen LogP) is 4.28. The smallest absolute Gasteiger partial charge is 0.251 e. The van der Waals surface area contributed by atoms with Crippen molar-refractivity contribution in [2.24, 2.45) is 5.92 Å². The summed E-state index contributed by atoms with van der Waals surface area (Å²) in [4.78, 5) is 18.8. The van der Waals surface area contributed by atoms with Crippen molar-refractivity contribution in [3.8, 4) is 22.3 Å². The molecule has 5 rings (SSSR count). The summed E-state index contributed by atoms with van der Waals surface area (Å²) >= 11 is 0. The number of pyridine rings is 1. The molecule has 176 valence electrons. The third-order valence-corrected chi connectivity index (χ3v) is 6.73. The molecule has 1 amide bonds. The number of anilines is 2. The summed E-state index contributed by atoms with van der Waals surface area (Å²) in [6, 6.07) is 13.2. The number of ether oxygens (including phenoxy) is 1. The number of nitrogens with zero attached hydrogens (tertiary/aromatic N) is 2. The maximum atomic E-state index is 15.0. The van der Waals surface area contributed by atoms with Gasteiger partial charge in [0.15, 0.2) is 0 Å². The number of nitrogens with two attached hydrogens (primary N) is 1. The van der Waals surface area contributed by atoms with Crippen LogP contribution in [0.1, 0.15) is 29.8 Å². The molecule has 0 aliphatic carbocycles. The molecule has 2 aliphatic heterocycles. The van der Waals surface area contributed by atoms with Crippen LogP contribution in [0, 0.1) is 11.7 Å². The average Bonchev–Trinajstić information content (AvgIpc) is 2.85. The lowest BCUT2D eigenvalue weighted by atomic mass is 9.93. The van der Waals surface area contributed by atoms with Crippen LogP contribution in [0.2, 0.25) is 0 Å². The van der Waals surface area contributed by atoms with E-state index in [9.17, 15) is 4.79 Å². The average molecular weight is 461 g/mol. The van der Waals surface area contributed by atoms with Gasteiger partial charge in [0.1, 0.15) is 11.6 Å². The first kappa shape index (κ1) is 22.3. The number of benzene rings is 2. The molecular weight excluding hydrogens is 431 g/mol. The molecule has 2 aliphatic rings. The first-order chi connectivity index (χ1) is 16.4. The third kappa shape index (κ3) is 4.23. The second-order valence-corrected chi connectivity index (χ2v) is 9.30. The van der Waals surface area contributed by atoms with Gasteiger partial charge in [0, 0.05) is 53.8 Å². The summed E-state index contributed by atoms with van der Waals surface area (Å²) < 4.78 is 20.9. The Labute approximate surface area is 198 Å². The molecule has 0 radical (unpaired) electrons. The van der Waals surface area contributed by atoms with Crippen molar-refractivity contribution in [1.29, 1.82) is 0 Å². The zero-order chi connectivity index (χ0) is 23.8. The van der Waals surface area contributed by atoms with Gasteiger partial charge in [-0.1, -0.05) is 26.0 Å². The van der Waals surface area contributed by atoms with Gasteiger partial charge >= 0.3 is 0 Å². The lowest BCUT2D eigenvalue weighted by Crippen LogP contribution is -2.44. The lowest BCUT2D eigenvalue weighted by Gasteiger charge is -2.36. The van der Waals surface area contributed by atoms with Gasteiger partial charge in [0.2, 0.25) is 0 Å². The number of morpholine rings is 1. The van der Waals surface area contributed by atoms with Crippen LogP contribution in [0.25, 0.3) is 22.3 Å². The Kier molecular flexibility index (Phi) is 5.96. The number of hydrogen-bond acceptors (Lipinski definition) is 5. The zero-order valence-electron chi connectivity index (χ0n) is 19.5. The minimum atomic E-state index is -0.483. The fourth-order valence-electron chi connectivity index (χ4n) is 4.68. The number of rotatable bonds is 4. The molecule has 2 aromatic carbocycles. The van der Waals surface area contributed by atoms with E-state index >= 15 is 4.39 Å². The largest absolute Gasteiger partial charge is 0.383 e. The zero-order valence-corrected chi connectivity index (χ0v) is 19.5. The maximum Gasteiger partial charge on any atom is 0.251 e. The van der Waals surface area contributed by atoms with E-state index in [1.165, 1.54) is 6.07 Å². The van der Waals surface area contributed by atoms with Gasteiger partial charge in [0.05, 0.1) is 12.7 Å². The fraction of sp³-hybridized carbons (Fsp3) is 0.333. The van der Waals surface area contributed by atoms with Crippen LogP contribution in [0.5, 0.6) is 0 Å². The van der Waals surface area contributed by atoms with Crippen LogP contribution in [0.15, 0.2) is 48.7 Å². The minimum Gasteiger partial charge on any atom is -0.383 e. The highest BCUT2D eigenvalue weighted by molar-refractivity contribution is 5.97. The Bertz CT molecular complexity index is 1230. The summed E-state index contributed by atoms with van der Waals surface area (Å²) in [5.41, 5.74) is 11.2. The Morgan fingerprint density at radius 3 is 2.68 bits per heavy atom. The van der Waals surface area contributed by atoms with Crippen molar-refractivity contribution in [2.45, 2.75) is 26.4 Å². The normalized spacial score (nSPS) is 18.1. The molecule has 0 saturated carbocycles. The first-order valence-corrected chi connectivity index (χ1v) is 11.7. The lowest BCUT2D eigenvalue weighted by molar-refractivity contribution is 0.0114. The highest BCUT2D eigenvalue weighted by Gasteiger charge is 2.24. The molecule has 1 aromatic heterocycles. The van der Waals surface area contributed by atoms with Crippen LogP contribution in [-0.2, 0) is 11.2 Å². The number of halogens is 1. The molecular formula is C27H29FN4O2. The molecule has 0 spiro atoms. The fourth-order valence-corrected chi connectivity index (χ4v) is 4.68. The van der Waals surface area contributed by atoms with Gasteiger partial charge in [-0.25, -0.2) is 9.37 Å². The standard InChI is InChI=1S/C27H29FN4O2/c1-16(2)25-15-32(9-10-34-25)20-5-3-17(4-6-20)19-12-23(26(29)31-14-19)22-11-18-7-8-30-27(33)21(18)13-24(22)28/h3-6,11-14,16,25H,7-10,15H2,1-2H3,(H2,29,31)(H,30,33)/t25-/m1/s1. The van der Waals surface area contributed by atoms with Crippen molar-refractivity contribution in [3.63, 3.8) is 0 Å². The van der Waals surface area contributed by atoms with Gasteiger partial charge in [-0.3, -0.25) is 4.79 Å². The van der Waals surface area contributed by atoms with Crippen molar-refractivity contribution >= 4 is 17.4 Å². The van der Waals surface area contributed by atoms with E-state index in [4.69, 9.17) is 10.5 Å². The van der Waals surface area contributed by atoms with Gasteiger partial charge in [0.25, 0.3) is 5.91 Å². The third-order valence-electron chi connectivity index (χ3n) is 6.73. The molecule has 6 nitrogen and oxygen atoms in total. The van der Waals surface area contributed by atoms with Crippen LogP contribution < -0.4 is 16.0 Å². The van der Waals surface area contributed by atoms with E-state index in [-0.39, 0.29) is 17.8 Å². The highest BCUT2D eigenvalue weighted by Crippen LogP contribution is 2.34. The Morgan fingerprint density at radius 1 is 1.12 bits per heavy atom. The number of aromatic nitrogens is 1. The highest BCUT2D eigenvalue weighted by atomic mass is 19.1. The summed E-state index contributed by atoms with van der Waals surface area (Å²) in [6.45, 7) is 7.38. The van der Waals surface area contributed by atoms with E-state index in [1.807, 2.05) is 6.07 Å². The van der Waals surface area contributed by atoms with Crippen molar-refractivity contribution in [1.82, 2.24) is 10.3 Å². The van der Waals surface area contributed by atoms with Gasteiger partial charge in [-0.15, -0.1) is 0 Å². The summed E-state index contributed by atoms with van der Waals surface area (Å²) in [7, 11) is 0. The number of carbonyl (C=O) groups is 1. The topological polar surface area (TPSA) is 80.5 Å². The molecule has 34 heavy (non-hydrogen) atoms. The van der Waals surface area contributed by atoms with E-state index < -0.39 is 5.82 Å². The Hall–Kier alpha value is -3.45. The number of hydrogen-bond donors (Lipinski definition) is 2. The number of amides is 1. The second kappa shape index (κ2) is 9.06. The summed E-state index contributed by atoms with van der Waals surface area (Å²) in [6.07, 6.45) is 2.60. The number of nitrogen functional groups attached to an aromatic ring is 1. The number of fused-ring (bicyclic) bond motifs is 1. The van der Waals surface area contributed by atoms with Crippen molar-refractivity contribution in [3.05, 3.63) is 65.6 Å². The molecule has 0 unspecified atom stereocenters. The monoisotopic (exact) mass is 460 g/mol. The molecule has 3 aromatic rings. The van der Waals surface area contributed by atoms with Crippen molar-refractivity contribution < 1.29 is 13.9 Å². The van der Waals surface area contributed by atoms with Crippen LogP contribution in [0.3, 0.4) is 0 Å². The molecule has 7 heteroatoms. The molecule has 0 bridgehead atoms. The molecule has 1 fully saturated rings. The molecule has 1 atom stereocenters. The Morgan fingerprint density at radius 2 is 1.91 bits per heavy atom. The van der Waals surface area contributed by atoms with Gasteiger partial charge in [-0.2, -0.15) is 0 Å². The maximum absolute atomic E-state index is 15.0. The second-order valence-electron chi connectivity index (χ2n) is 9.30. The summed E-state index contributed by atoms with van der Waals surface area (Å²) in [5.74, 6) is 0.00249. The molecule has 3 N–H and O–H groups in total. The molecule has 1 saturated heterocycles. The van der Waals surface area contributed by atoms with Crippen LogP contribution in [0.4, 0.5) is 15.9 Å². The van der Waals surface area contributed by atoms with E-state index in [1.54, 1.807) is 12.3 Å². The minimum absolute atomic E-state index is 0.231. The van der Waals surface area contributed by atoms with E-state index in [2.05, 4.69) is 53.3 Å². The van der Waals surface area contributed by atoms with Crippen LogP contribution in [-0.4, -0.2) is 43.2 Å². The van der Waals surface area contributed by atoms with Crippen LogP contribution >= 0.6 is 0 Å². The van der Waals surface area contributed by atoms with E-state index in [0.717, 1.165) is 42.1 Å².